The number of carboxylic acid groups (broad SMARTS) is 1. The third kappa shape index (κ3) is 867. The van der Waals surface area contributed by atoms with E-state index in [0.717, 1.165) is 0 Å². The molecule has 0 bridgehead atoms. The van der Waals surface area contributed by atoms with Crippen molar-refractivity contribution in [1.29, 1.82) is 0 Å². The van der Waals surface area contributed by atoms with Crippen molar-refractivity contribution in [3.05, 3.63) is 0 Å². The lowest BCUT2D eigenvalue weighted by Gasteiger charge is -1.61. The van der Waals surface area contributed by atoms with E-state index in [-0.39, 0.29) is 0 Å². The molecule has 0 aliphatic rings. The molecule has 1 atom stereocenters. The second kappa shape index (κ2) is 9.20. The Bertz CT molecular complexity index is 44.2. The Labute approximate surface area is 45.1 Å². The summed E-state index contributed by atoms with van der Waals surface area (Å²) in [6, 6.07) is 0. The van der Waals surface area contributed by atoms with Crippen LogP contribution in [0.2, 0.25) is 0 Å². The summed E-state index contributed by atoms with van der Waals surface area (Å²) in [5.74, 6) is 0. The van der Waals surface area contributed by atoms with Crippen LogP contribution in [0.25, 0.3) is 0 Å². The average molecular weight is 123 g/mol. The Hall–Kier alpha value is -0.300. The molecule has 0 spiro atoms. The van der Waals surface area contributed by atoms with E-state index in [1.165, 1.54) is 6.16 Å². The molecular formula is C3H10NO2P. The molecule has 4 heteroatoms. The molecule has 7 heavy (non-hydrogen) atoms. The van der Waals surface area contributed by atoms with E-state index in [1.54, 1.807) is 0 Å². The van der Waals surface area contributed by atoms with Crippen molar-refractivity contribution < 1.29 is 9.90 Å². The number of rotatable bonds is 0. The van der Waals surface area contributed by atoms with Crippen LogP contribution in [0.1, 0.15) is 6.92 Å². The van der Waals surface area contributed by atoms with Gasteiger partial charge in [-0.15, -0.1) is 9.24 Å². The highest BCUT2D eigenvalue weighted by atomic mass is 31.0. The van der Waals surface area contributed by atoms with Crippen LogP contribution in [0.3, 0.4) is 0 Å². The minimum Gasteiger partial charge on any atom is -0.465 e. The van der Waals surface area contributed by atoms with Crippen molar-refractivity contribution >= 4 is 15.3 Å². The van der Waals surface area contributed by atoms with Gasteiger partial charge in [0.15, 0.2) is 0 Å². The Balaban J connectivity index is 0. The predicted molar refractivity (Wildman–Crippen MR) is 32.5 cm³/mol. The lowest BCUT2D eigenvalue weighted by atomic mass is 11.0. The third-order valence-electron chi connectivity index (χ3n) is 0. The Morgan fingerprint density at radius 3 is 2.00 bits per heavy atom. The molecule has 0 aromatic carbocycles. The van der Waals surface area contributed by atoms with E-state index in [2.05, 4.69) is 21.9 Å². The third-order valence-corrected chi connectivity index (χ3v) is 0. The lowest BCUT2D eigenvalue weighted by molar-refractivity contribution is 0.205. The maximum Gasteiger partial charge on any atom is 0.402 e. The standard InChI is InChI=1S/C2H7P.CH3NO2/c1-2-3;2-1(3)4/h2-3H2,1H3;2H2,(H,3,4). The second-order valence-corrected chi connectivity index (χ2v) is 1.56. The van der Waals surface area contributed by atoms with E-state index in [0.29, 0.717) is 0 Å². The quantitative estimate of drug-likeness (QED) is 0.461. The number of nitrogens with two attached hydrogens (primary N) is 1. The maximum atomic E-state index is 8.78. The van der Waals surface area contributed by atoms with Gasteiger partial charge in [-0.3, -0.25) is 0 Å². The molecule has 0 aromatic heterocycles. The molecule has 1 unspecified atom stereocenters. The SMILES string of the molecule is CCP.NC(=O)O. The molecular weight excluding hydrogens is 113 g/mol. The van der Waals surface area contributed by atoms with E-state index in [4.69, 9.17) is 9.90 Å². The van der Waals surface area contributed by atoms with Crippen LogP contribution in [-0.4, -0.2) is 17.4 Å². The van der Waals surface area contributed by atoms with Gasteiger partial charge >= 0.3 is 6.09 Å². The summed E-state index contributed by atoms with van der Waals surface area (Å²) >= 11 is 0. The molecule has 0 rings (SSSR count). The van der Waals surface area contributed by atoms with Crippen molar-refractivity contribution in [3.63, 3.8) is 0 Å². The van der Waals surface area contributed by atoms with Gasteiger partial charge in [-0.1, -0.05) is 6.92 Å². The molecule has 3 N–H and O–H groups in total. The predicted octanol–water partition coefficient (Wildman–Crippen LogP) is 0.505. The largest absolute Gasteiger partial charge is 0.465 e. The highest BCUT2D eigenvalue weighted by Crippen LogP contribution is 1.68. The van der Waals surface area contributed by atoms with Crippen LogP contribution < -0.4 is 5.73 Å². The monoisotopic (exact) mass is 123 g/mol. The van der Waals surface area contributed by atoms with Gasteiger partial charge in [0.25, 0.3) is 0 Å². The van der Waals surface area contributed by atoms with Gasteiger partial charge in [0.1, 0.15) is 0 Å². The van der Waals surface area contributed by atoms with Gasteiger partial charge in [0.05, 0.1) is 0 Å². The highest BCUT2D eigenvalue weighted by molar-refractivity contribution is 7.16. The molecule has 0 radical (unpaired) electrons. The van der Waals surface area contributed by atoms with E-state index < -0.39 is 6.09 Å². The fraction of sp³-hybridized carbons (Fsp3) is 0.667. The van der Waals surface area contributed by atoms with Crippen LogP contribution in [0.4, 0.5) is 4.79 Å². The summed E-state index contributed by atoms with van der Waals surface area (Å²) < 4.78 is 0. The van der Waals surface area contributed by atoms with Crippen molar-refractivity contribution in [2.45, 2.75) is 6.92 Å². The summed E-state index contributed by atoms with van der Waals surface area (Å²) in [5, 5.41) is 7.19. The average Bonchev–Trinajstić information content (AvgIpc) is 1.33. The van der Waals surface area contributed by atoms with Crippen molar-refractivity contribution in [1.82, 2.24) is 0 Å². The Morgan fingerprint density at radius 2 is 2.00 bits per heavy atom. The van der Waals surface area contributed by atoms with Gasteiger partial charge in [-0.2, -0.15) is 0 Å². The summed E-state index contributed by atoms with van der Waals surface area (Å²) in [6.45, 7) is 2.09. The van der Waals surface area contributed by atoms with Crippen LogP contribution in [0.15, 0.2) is 0 Å². The Kier molecular flexibility index (Phi) is 12.9. The van der Waals surface area contributed by atoms with Crippen molar-refractivity contribution in [2.24, 2.45) is 5.73 Å². The molecule has 3 nitrogen and oxygen atoms in total. The van der Waals surface area contributed by atoms with Crippen LogP contribution in [-0.2, 0) is 0 Å². The molecule has 0 aliphatic carbocycles. The molecule has 0 saturated heterocycles. The molecule has 0 fully saturated rings. The zero-order valence-electron chi connectivity index (χ0n) is 4.22. The second-order valence-electron chi connectivity index (χ2n) is 0.746. The van der Waals surface area contributed by atoms with Gasteiger partial charge < -0.3 is 10.8 Å². The van der Waals surface area contributed by atoms with Crippen molar-refractivity contribution in [3.8, 4) is 0 Å². The molecule has 0 aromatic rings. The van der Waals surface area contributed by atoms with E-state index in [1.807, 2.05) is 0 Å². The summed E-state index contributed by atoms with van der Waals surface area (Å²) in [5.41, 5.74) is 4.03. The first-order valence-corrected chi connectivity index (χ1v) is 2.65. The zero-order chi connectivity index (χ0) is 6.28. The number of hydrogen-bond donors (Lipinski definition) is 2. The van der Waals surface area contributed by atoms with Crippen LogP contribution >= 0.6 is 9.24 Å². The van der Waals surface area contributed by atoms with Gasteiger partial charge in [0.2, 0.25) is 0 Å². The Morgan fingerprint density at radius 1 is 2.00 bits per heavy atom. The number of hydrogen-bond acceptors (Lipinski definition) is 1. The molecule has 0 saturated carbocycles. The summed E-state index contributed by atoms with van der Waals surface area (Å²) in [6.07, 6.45) is -0.167. The number of amides is 1. The van der Waals surface area contributed by atoms with Gasteiger partial charge in [-0.05, 0) is 6.16 Å². The first-order chi connectivity index (χ1) is 3.15. The van der Waals surface area contributed by atoms with Gasteiger partial charge in [0, 0.05) is 0 Å². The normalized spacial score (nSPS) is 6.00. The fourth-order valence-corrected chi connectivity index (χ4v) is 0. The number of carbonyl (C=O) groups is 1. The maximum absolute atomic E-state index is 8.78. The van der Waals surface area contributed by atoms with E-state index >= 15 is 0 Å². The molecule has 1 amide bonds. The van der Waals surface area contributed by atoms with Gasteiger partial charge in [-0.25, -0.2) is 4.79 Å². The fourth-order valence-electron chi connectivity index (χ4n) is 0. The van der Waals surface area contributed by atoms with E-state index in [9.17, 15) is 0 Å². The van der Waals surface area contributed by atoms with Crippen LogP contribution in [0, 0.1) is 0 Å². The zero-order valence-corrected chi connectivity index (χ0v) is 5.37. The topological polar surface area (TPSA) is 63.3 Å². The van der Waals surface area contributed by atoms with Crippen molar-refractivity contribution in [2.75, 3.05) is 6.16 Å². The first-order valence-electron chi connectivity index (χ1n) is 1.83. The van der Waals surface area contributed by atoms with Crippen LogP contribution in [0.5, 0.6) is 0 Å². The molecule has 0 heterocycles. The first kappa shape index (κ1) is 9.85. The lowest BCUT2D eigenvalue weighted by Crippen LogP contribution is -2.03. The molecule has 0 aliphatic heterocycles. The summed E-state index contributed by atoms with van der Waals surface area (Å²) in [4.78, 5) is 8.78. The molecule has 44 valence electrons. The minimum atomic E-state index is -1.33. The summed E-state index contributed by atoms with van der Waals surface area (Å²) in [7, 11) is 2.58. The number of primary amides is 1. The minimum absolute atomic E-state index is 1.17. The smallest absolute Gasteiger partial charge is 0.402 e. The highest BCUT2D eigenvalue weighted by Gasteiger charge is 1.65.